The van der Waals surface area contributed by atoms with Gasteiger partial charge in [0.2, 0.25) is 0 Å². The first-order valence-electron chi connectivity index (χ1n) is 5.71. The average Bonchev–Trinajstić information content (AvgIpc) is 2.72. The van der Waals surface area contributed by atoms with Crippen molar-refractivity contribution < 1.29 is 9.90 Å². The molecule has 0 saturated carbocycles. The van der Waals surface area contributed by atoms with Crippen molar-refractivity contribution in [2.45, 2.75) is 19.4 Å². The Morgan fingerprint density at radius 1 is 1.47 bits per heavy atom. The van der Waals surface area contributed by atoms with Gasteiger partial charge in [-0.25, -0.2) is 0 Å². The van der Waals surface area contributed by atoms with E-state index in [1.807, 2.05) is 24.3 Å². The first-order chi connectivity index (χ1) is 8.18. The number of aromatic nitrogens is 1. The van der Waals surface area contributed by atoms with E-state index in [-0.39, 0.29) is 5.91 Å². The second-order valence-electron chi connectivity index (χ2n) is 4.14. The van der Waals surface area contributed by atoms with Crippen LogP contribution in [0.5, 0.6) is 0 Å². The average molecular weight is 232 g/mol. The molecule has 4 nitrogen and oxygen atoms in total. The van der Waals surface area contributed by atoms with Gasteiger partial charge in [0.25, 0.3) is 5.91 Å². The minimum absolute atomic E-state index is 0.108. The highest BCUT2D eigenvalue weighted by molar-refractivity contribution is 6.06. The zero-order valence-electron chi connectivity index (χ0n) is 9.73. The van der Waals surface area contributed by atoms with Crippen LogP contribution in [0.25, 0.3) is 10.9 Å². The van der Waals surface area contributed by atoms with Crippen molar-refractivity contribution in [3.8, 4) is 0 Å². The predicted octanol–water partition coefficient (Wildman–Crippen LogP) is 1.67. The standard InChI is InChI=1S/C13H16N2O2/c1-9(16)6-7-14-13(17)11-8-15-12-5-3-2-4-10(11)12/h2-5,8-9,15-16H,6-7H2,1H3,(H,14,17). The Morgan fingerprint density at radius 3 is 3.00 bits per heavy atom. The molecule has 0 radical (unpaired) electrons. The van der Waals surface area contributed by atoms with Gasteiger partial charge in [-0.2, -0.15) is 0 Å². The van der Waals surface area contributed by atoms with Gasteiger partial charge >= 0.3 is 0 Å². The number of nitrogens with one attached hydrogen (secondary N) is 2. The lowest BCUT2D eigenvalue weighted by Gasteiger charge is -2.05. The zero-order valence-corrected chi connectivity index (χ0v) is 9.73. The predicted molar refractivity (Wildman–Crippen MR) is 66.9 cm³/mol. The molecule has 1 atom stereocenters. The molecule has 0 aliphatic carbocycles. The largest absolute Gasteiger partial charge is 0.393 e. The third-order valence-corrected chi connectivity index (χ3v) is 2.68. The van der Waals surface area contributed by atoms with Crippen molar-refractivity contribution in [2.75, 3.05) is 6.54 Å². The fourth-order valence-corrected chi connectivity index (χ4v) is 1.75. The fourth-order valence-electron chi connectivity index (χ4n) is 1.75. The van der Waals surface area contributed by atoms with Gasteiger partial charge in [0.1, 0.15) is 0 Å². The maximum atomic E-state index is 11.9. The monoisotopic (exact) mass is 232 g/mol. The van der Waals surface area contributed by atoms with E-state index >= 15 is 0 Å². The number of hydrogen-bond donors (Lipinski definition) is 3. The first-order valence-corrected chi connectivity index (χ1v) is 5.71. The number of aromatic amines is 1. The third kappa shape index (κ3) is 2.65. The summed E-state index contributed by atoms with van der Waals surface area (Å²) in [6.45, 7) is 2.19. The second-order valence-corrected chi connectivity index (χ2v) is 4.14. The normalized spacial score (nSPS) is 12.6. The summed E-state index contributed by atoms with van der Waals surface area (Å²) in [5, 5.41) is 12.8. The Hall–Kier alpha value is -1.81. The number of hydrogen-bond acceptors (Lipinski definition) is 2. The molecule has 0 fully saturated rings. The van der Waals surface area contributed by atoms with E-state index in [1.165, 1.54) is 0 Å². The molecule has 0 saturated heterocycles. The lowest BCUT2D eigenvalue weighted by atomic mass is 10.1. The van der Waals surface area contributed by atoms with Crippen molar-refractivity contribution in [1.82, 2.24) is 10.3 Å². The topological polar surface area (TPSA) is 65.1 Å². The van der Waals surface area contributed by atoms with Gasteiger partial charge in [-0.15, -0.1) is 0 Å². The molecule has 0 bridgehead atoms. The van der Waals surface area contributed by atoms with Crippen LogP contribution in [-0.2, 0) is 0 Å². The van der Waals surface area contributed by atoms with E-state index < -0.39 is 6.10 Å². The lowest BCUT2D eigenvalue weighted by Crippen LogP contribution is -2.26. The van der Waals surface area contributed by atoms with E-state index in [0.717, 1.165) is 10.9 Å². The van der Waals surface area contributed by atoms with Crippen LogP contribution in [0.2, 0.25) is 0 Å². The Kier molecular flexibility index (Phi) is 3.44. The molecule has 1 amide bonds. The van der Waals surface area contributed by atoms with Gasteiger partial charge in [-0.3, -0.25) is 4.79 Å². The van der Waals surface area contributed by atoms with Crippen molar-refractivity contribution in [2.24, 2.45) is 0 Å². The summed E-state index contributed by atoms with van der Waals surface area (Å²) in [6, 6.07) is 7.67. The summed E-state index contributed by atoms with van der Waals surface area (Å²) < 4.78 is 0. The number of aliphatic hydroxyl groups is 1. The van der Waals surface area contributed by atoms with Crippen molar-refractivity contribution in [1.29, 1.82) is 0 Å². The number of rotatable bonds is 4. The molecular formula is C13H16N2O2. The molecule has 0 aliphatic rings. The maximum absolute atomic E-state index is 11.9. The molecule has 4 heteroatoms. The molecule has 90 valence electrons. The zero-order chi connectivity index (χ0) is 12.3. The van der Waals surface area contributed by atoms with Crippen LogP contribution in [0.15, 0.2) is 30.5 Å². The van der Waals surface area contributed by atoms with Crippen molar-refractivity contribution in [3.63, 3.8) is 0 Å². The number of carbonyl (C=O) groups excluding carboxylic acids is 1. The second kappa shape index (κ2) is 5.01. The number of amides is 1. The molecule has 0 aliphatic heterocycles. The third-order valence-electron chi connectivity index (χ3n) is 2.68. The summed E-state index contributed by atoms with van der Waals surface area (Å²) in [4.78, 5) is 14.9. The molecule has 1 heterocycles. The van der Waals surface area contributed by atoms with Crippen LogP contribution in [-0.4, -0.2) is 28.6 Å². The smallest absolute Gasteiger partial charge is 0.253 e. The summed E-state index contributed by atoms with van der Waals surface area (Å²) in [5.74, 6) is -0.108. The summed E-state index contributed by atoms with van der Waals surface area (Å²) >= 11 is 0. The Labute approximate surface area is 99.7 Å². The number of fused-ring (bicyclic) bond motifs is 1. The minimum Gasteiger partial charge on any atom is -0.393 e. The number of H-pyrrole nitrogens is 1. The molecule has 1 aromatic carbocycles. The van der Waals surface area contributed by atoms with Crippen molar-refractivity contribution in [3.05, 3.63) is 36.0 Å². The van der Waals surface area contributed by atoms with Crippen LogP contribution in [0, 0.1) is 0 Å². The van der Waals surface area contributed by atoms with E-state index in [1.54, 1.807) is 13.1 Å². The highest BCUT2D eigenvalue weighted by Gasteiger charge is 2.10. The molecule has 2 aromatic rings. The highest BCUT2D eigenvalue weighted by Crippen LogP contribution is 2.17. The Balaban J connectivity index is 2.09. The van der Waals surface area contributed by atoms with Gasteiger partial charge in [0.05, 0.1) is 11.7 Å². The van der Waals surface area contributed by atoms with Crippen LogP contribution >= 0.6 is 0 Å². The number of carbonyl (C=O) groups is 1. The molecule has 3 N–H and O–H groups in total. The molecule has 1 aromatic heterocycles. The lowest BCUT2D eigenvalue weighted by molar-refractivity contribution is 0.0947. The Morgan fingerprint density at radius 2 is 2.24 bits per heavy atom. The fraction of sp³-hybridized carbons (Fsp3) is 0.308. The molecule has 2 rings (SSSR count). The summed E-state index contributed by atoms with van der Waals surface area (Å²) in [5.41, 5.74) is 1.60. The van der Waals surface area contributed by atoms with E-state index in [4.69, 9.17) is 5.11 Å². The maximum Gasteiger partial charge on any atom is 0.253 e. The number of benzene rings is 1. The van der Waals surface area contributed by atoms with E-state index in [0.29, 0.717) is 18.5 Å². The van der Waals surface area contributed by atoms with Crippen LogP contribution in [0.4, 0.5) is 0 Å². The van der Waals surface area contributed by atoms with Crippen LogP contribution < -0.4 is 5.32 Å². The molecule has 17 heavy (non-hydrogen) atoms. The van der Waals surface area contributed by atoms with Crippen molar-refractivity contribution >= 4 is 16.8 Å². The van der Waals surface area contributed by atoms with Crippen LogP contribution in [0.3, 0.4) is 0 Å². The molecule has 1 unspecified atom stereocenters. The van der Waals surface area contributed by atoms with Gasteiger partial charge in [0.15, 0.2) is 0 Å². The quantitative estimate of drug-likeness (QED) is 0.750. The first kappa shape index (κ1) is 11.7. The molecule has 0 spiro atoms. The van der Waals surface area contributed by atoms with Gasteiger partial charge in [0, 0.05) is 23.6 Å². The molecular weight excluding hydrogens is 216 g/mol. The van der Waals surface area contributed by atoms with E-state index in [9.17, 15) is 4.79 Å². The van der Waals surface area contributed by atoms with Gasteiger partial charge in [-0.05, 0) is 19.4 Å². The summed E-state index contributed by atoms with van der Waals surface area (Å²) in [7, 11) is 0. The van der Waals surface area contributed by atoms with Crippen LogP contribution in [0.1, 0.15) is 23.7 Å². The number of para-hydroxylation sites is 1. The summed E-state index contributed by atoms with van der Waals surface area (Å²) in [6.07, 6.45) is 1.88. The highest BCUT2D eigenvalue weighted by atomic mass is 16.3. The SMILES string of the molecule is CC(O)CCNC(=O)c1c[nH]c2ccccc12. The van der Waals surface area contributed by atoms with E-state index in [2.05, 4.69) is 10.3 Å². The van der Waals surface area contributed by atoms with Gasteiger partial charge < -0.3 is 15.4 Å². The Bertz CT molecular complexity index is 517. The number of aliphatic hydroxyl groups excluding tert-OH is 1. The van der Waals surface area contributed by atoms with Gasteiger partial charge in [-0.1, -0.05) is 18.2 Å². The minimum atomic E-state index is -0.390.